The van der Waals surface area contributed by atoms with E-state index in [2.05, 4.69) is 24.9 Å². The molecule has 0 aliphatic rings. The van der Waals surface area contributed by atoms with Crippen LogP contribution in [0.25, 0.3) is 5.69 Å². The van der Waals surface area contributed by atoms with Crippen molar-refractivity contribution in [2.24, 2.45) is 0 Å². The first-order valence-electron chi connectivity index (χ1n) is 11.1. The van der Waals surface area contributed by atoms with Crippen molar-refractivity contribution in [2.45, 2.75) is 50.9 Å². The quantitative estimate of drug-likeness (QED) is 0.388. The molecule has 3 aromatic rings. The summed E-state index contributed by atoms with van der Waals surface area (Å²) in [4.78, 5) is 8.34. The van der Waals surface area contributed by atoms with Gasteiger partial charge in [0.05, 0.1) is 30.1 Å². The number of benzene rings is 1. The molecule has 0 saturated carbocycles. The van der Waals surface area contributed by atoms with Crippen molar-refractivity contribution in [3.8, 4) is 17.2 Å². The van der Waals surface area contributed by atoms with Gasteiger partial charge in [-0.25, -0.2) is 18.4 Å². The van der Waals surface area contributed by atoms with Gasteiger partial charge >= 0.3 is 0 Å². The van der Waals surface area contributed by atoms with E-state index in [1.807, 2.05) is 13.8 Å². The average Bonchev–Trinajstić information content (AvgIpc) is 3.22. The van der Waals surface area contributed by atoms with Crippen LogP contribution in [0.4, 0.5) is 5.95 Å². The van der Waals surface area contributed by atoms with E-state index in [0.29, 0.717) is 40.3 Å². The highest BCUT2D eigenvalue weighted by Crippen LogP contribution is 2.36. The molecule has 2 heterocycles. The largest absolute Gasteiger partial charge is 0.494 e. The number of sulfonamides is 1. The van der Waals surface area contributed by atoms with Gasteiger partial charge in [0.2, 0.25) is 16.0 Å². The van der Waals surface area contributed by atoms with Crippen LogP contribution in [0.2, 0.25) is 5.02 Å². The van der Waals surface area contributed by atoms with Crippen LogP contribution in [-0.2, 0) is 21.2 Å². The van der Waals surface area contributed by atoms with Gasteiger partial charge in [-0.3, -0.25) is 9.29 Å². The van der Waals surface area contributed by atoms with Gasteiger partial charge in [-0.2, -0.15) is 0 Å². The molecular weight excluding hydrogens is 508 g/mol. The first-order valence-corrected chi connectivity index (χ1v) is 13.1. The Balaban J connectivity index is 2.09. The van der Waals surface area contributed by atoms with Gasteiger partial charge in [-0.1, -0.05) is 24.6 Å². The molecule has 0 aliphatic carbocycles. The minimum atomic E-state index is -3.98. The Morgan fingerprint density at radius 1 is 1.06 bits per heavy atom. The molecule has 36 heavy (non-hydrogen) atoms. The van der Waals surface area contributed by atoms with Crippen molar-refractivity contribution < 1.29 is 22.6 Å². The van der Waals surface area contributed by atoms with Gasteiger partial charge in [0.1, 0.15) is 28.8 Å². The van der Waals surface area contributed by atoms with E-state index in [0.717, 1.165) is 0 Å². The van der Waals surface area contributed by atoms with Gasteiger partial charge in [0.25, 0.3) is 0 Å². The van der Waals surface area contributed by atoms with E-state index in [-0.39, 0.29) is 5.95 Å². The molecule has 3 rings (SSSR count). The first-order chi connectivity index (χ1) is 16.9. The number of methoxy groups -OCH3 is 3. The first kappa shape index (κ1) is 27.6. The van der Waals surface area contributed by atoms with Gasteiger partial charge in [0, 0.05) is 31.8 Å². The van der Waals surface area contributed by atoms with E-state index in [9.17, 15) is 8.42 Å². The number of para-hydroxylation sites is 1. The number of anilines is 1. The van der Waals surface area contributed by atoms with E-state index in [4.69, 9.17) is 25.8 Å². The summed E-state index contributed by atoms with van der Waals surface area (Å²) in [6.07, 6.45) is 3.19. The van der Waals surface area contributed by atoms with E-state index >= 15 is 0 Å². The lowest BCUT2D eigenvalue weighted by atomic mass is 10.0. The predicted molar refractivity (Wildman–Crippen MR) is 137 cm³/mol. The lowest BCUT2D eigenvalue weighted by Gasteiger charge is -2.24. The fourth-order valence-electron chi connectivity index (χ4n) is 3.49. The van der Waals surface area contributed by atoms with Crippen molar-refractivity contribution in [1.29, 1.82) is 0 Å². The highest BCUT2D eigenvalue weighted by molar-refractivity contribution is 7.93. The van der Waals surface area contributed by atoms with Gasteiger partial charge in [-0.15, -0.1) is 10.2 Å². The van der Waals surface area contributed by atoms with Crippen molar-refractivity contribution in [2.75, 3.05) is 26.1 Å². The molecule has 11 nitrogen and oxygen atoms in total. The topological polar surface area (TPSA) is 130 Å². The van der Waals surface area contributed by atoms with Crippen molar-refractivity contribution in [3.05, 3.63) is 47.3 Å². The average molecular weight is 539 g/mol. The van der Waals surface area contributed by atoms with Crippen molar-refractivity contribution >= 4 is 27.6 Å². The molecular formula is C23H31ClN6O5S. The second-order valence-corrected chi connectivity index (χ2v) is 11.3. The highest BCUT2D eigenvalue weighted by Gasteiger charge is 2.33. The zero-order valence-corrected chi connectivity index (χ0v) is 22.9. The number of hydrogen-bond donors (Lipinski definition) is 1. The van der Waals surface area contributed by atoms with Crippen molar-refractivity contribution in [1.82, 2.24) is 24.7 Å². The Bertz CT molecular complexity index is 1270. The molecule has 0 spiro atoms. The molecule has 2 unspecified atom stereocenters. The van der Waals surface area contributed by atoms with Crippen LogP contribution in [0.3, 0.4) is 0 Å². The second-order valence-electron chi connectivity index (χ2n) is 8.83. The number of rotatable bonds is 11. The molecule has 13 heteroatoms. The zero-order chi connectivity index (χ0) is 26.7. The monoisotopic (exact) mass is 538 g/mol. The maximum atomic E-state index is 13.5. The minimum Gasteiger partial charge on any atom is -0.494 e. The zero-order valence-electron chi connectivity index (χ0n) is 21.3. The number of nitrogens with zero attached hydrogens (tertiary/aromatic N) is 5. The third-order valence-corrected chi connectivity index (χ3v) is 8.02. The Kier molecular flexibility index (Phi) is 8.42. The van der Waals surface area contributed by atoms with E-state index in [1.165, 1.54) is 26.6 Å². The Morgan fingerprint density at radius 2 is 1.64 bits per heavy atom. The summed E-state index contributed by atoms with van der Waals surface area (Å²) in [6, 6.07) is 5.25. The van der Waals surface area contributed by atoms with Crippen LogP contribution >= 0.6 is 11.6 Å². The smallest absolute Gasteiger partial charge is 0.243 e. The van der Waals surface area contributed by atoms with Gasteiger partial charge < -0.3 is 14.2 Å². The molecule has 0 saturated heterocycles. The summed E-state index contributed by atoms with van der Waals surface area (Å²) < 4.78 is 47.8. The van der Waals surface area contributed by atoms with Crippen LogP contribution in [0.15, 0.2) is 30.6 Å². The predicted octanol–water partition coefficient (Wildman–Crippen LogP) is 3.63. The van der Waals surface area contributed by atoms with E-state index < -0.39 is 26.8 Å². The second kappa shape index (κ2) is 11.0. The number of halogens is 1. The summed E-state index contributed by atoms with van der Waals surface area (Å²) in [7, 11) is 0.648. The number of hydrogen-bond acceptors (Lipinski definition) is 9. The summed E-state index contributed by atoms with van der Waals surface area (Å²) in [5.74, 6) is 1.14. The lowest BCUT2D eigenvalue weighted by Crippen LogP contribution is -2.32. The lowest BCUT2D eigenvalue weighted by molar-refractivity contribution is 0.0212. The van der Waals surface area contributed by atoms with Crippen LogP contribution < -0.4 is 14.2 Å². The van der Waals surface area contributed by atoms with Gasteiger partial charge in [-0.05, 0) is 32.9 Å². The molecule has 1 aromatic carbocycles. The summed E-state index contributed by atoms with van der Waals surface area (Å²) >= 11 is 5.87. The number of ether oxygens (including phenoxy) is 3. The molecule has 0 fully saturated rings. The van der Waals surface area contributed by atoms with Crippen LogP contribution in [0.1, 0.15) is 45.3 Å². The molecule has 0 radical (unpaired) electrons. The Labute approximate surface area is 216 Å². The van der Waals surface area contributed by atoms with Crippen LogP contribution in [0.5, 0.6) is 11.5 Å². The van der Waals surface area contributed by atoms with Crippen LogP contribution in [-0.4, -0.2) is 65.3 Å². The molecule has 196 valence electrons. The number of aromatic nitrogens is 5. The summed E-state index contributed by atoms with van der Waals surface area (Å²) in [5.41, 5.74) is -0.155. The maximum Gasteiger partial charge on any atom is 0.243 e. The fraction of sp³-hybridized carbons (Fsp3) is 0.478. The fourth-order valence-corrected chi connectivity index (χ4v) is 4.82. The third kappa shape index (κ3) is 5.88. The summed E-state index contributed by atoms with van der Waals surface area (Å²) in [5, 5.41) is 7.92. The highest BCUT2D eigenvalue weighted by atomic mass is 35.5. The Hall–Kier alpha value is -2.96. The normalized spacial score (nSPS) is 13.8. The molecule has 2 aromatic heterocycles. The third-order valence-electron chi connectivity index (χ3n) is 5.97. The SMILES string of the molecule is COc1cccc(OC)c1-n1c(CC(C)(C)OC)nnc1NS(=O)(=O)C(C)C(C)c1ncc(Cl)cn1. The van der Waals surface area contributed by atoms with E-state index in [1.54, 1.807) is 43.7 Å². The minimum absolute atomic E-state index is 0.0178. The van der Waals surface area contributed by atoms with Crippen LogP contribution in [0, 0.1) is 0 Å². The molecule has 1 N–H and O–H groups in total. The molecule has 0 aliphatic heterocycles. The van der Waals surface area contributed by atoms with Crippen molar-refractivity contribution in [3.63, 3.8) is 0 Å². The standard InChI is InChI=1S/C23H31ClN6O5S/c1-14(21-25-12-16(24)13-26-21)15(2)36(31,32)29-22-28-27-19(11-23(3,4)35-7)30(22)20-17(33-5)9-8-10-18(20)34-6/h8-10,12-15H,11H2,1-7H3,(H,28,29). The number of nitrogens with one attached hydrogen (secondary N) is 1. The summed E-state index contributed by atoms with van der Waals surface area (Å²) in [6.45, 7) is 7.09. The van der Waals surface area contributed by atoms with Gasteiger partial charge in [0.15, 0.2) is 0 Å². The molecule has 2 atom stereocenters. The molecule has 0 amide bonds. The Morgan fingerprint density at radius 3 is 2.17 bits per heavy atom. The maximum absolute atomic E-state index is 13.5. The molecule has 0 bridgehead atoms.